The van der Waals surface area contributed by atoms with Gasteiger partial charge in [-0.25, -0.2) is 4.98 Å². The molecular weight excluding hydrogens is 268 g/mol. The molecule has 0 aliphatic carbocycles. The Morgan fingerprint density at radius 2 is 2.00 bits per heavy atom. The zero-order valence-electron chi connectivity index (χ0n) is 13.4. The van der Waals surface area contributed by atoms with Gasteiger partial charge in [-0.1, -0.05) is 40.5 Å². The van der Waals surface area contributed by atoms with Gasteiger partial charge in [-0.15, -0.1) is 11.3 Å². The predicted octanol–water partition coefficient (Wildman–Crippen LogP) is 3.37. The van der Waals surface area contributed by atoms with Crippen LogP contribution in [-0.2, 0) is 6.54 Å². The fourth-order valence-corrected chi connectivity index (χ4v) is 2.72. The number of nitrogens with one attached hydrogen (secondary N) is 2. The molecule has 0 spiro atoms. The monoisotopic (exact) mass is 296 g/mol. The van der Waals surface area contributed by atoms with Crippen LogP contribution in [0.1, 0.15) is 57.2 Å². The first-order valence-electron chi connectivity index (χ1n) is 7.49. The minimum absolute atomic E-state index is 0.501. The molecule has 0 aliphatic rings. The molecule has 0 saturated heterocycles. The molecule has 0 aliphatic heterocycles. The molecule has 0 unspecified atom stereocenters. The molecule has 0 saturated carbocycles. The van der Waals surface area contributed by atoms with Crippen molar-refractivity contribution in [2.45, 2.75) is 53.0 Å². The fraction of sp³-hybridized carbons (Fsp3) is 0.733. The van der Waals surface area contributed by atoms with E-state index >= 15 is 0 Å². The number of nitrogens with zero attached hydrogens (tertiary/aromatic N) is 2. The second-order valence-electron chi connectivity index (χ2n) is 5.32. The van der Waals surface area contributed by atoms with Gasteiger partial charge in [0.05, 0.1) is 17.2 Å². The van der Waals surface area contributed by atoms with Crippen molar-refractivity contribution in [3.63, 3.8) is 0 Å². The van der Waals surface area contributed by atoms with E-state index in [1.54, 1.807) is 11.3 Å². The summed E-state index contributed by atoms with van der Waals surface area (Å²) in [5.41, 5.74) is 1.09. The molecular formula is C15H28N4S. The quantitative estimate of drug-likeness (QED) is 0.599. The summed E-state index contributed by atoms with van der Waals surface area (Å²) in [6.07, 6.45) is 2.40. The first-order valence-corrected chi connectivity index (χ1v) is 8.37. The average Bonchev–Trinajstić information content (AvgIpc) is 2.92. The Bertz CT molecular complexity index is 408. The van der Waals surface area contributed by atoms with Crippen molar-refractivity contribution >= 4 is 17.3 Å². The summed E-state index contributed by atoms with van der Waals surface area (Å²) in [4.78, 5) is 8.87. The van der Waals surface area contributed by atoms with Gasteiger partial charge in [0.25, 0.3) is 0 Å². The van der Waals surface area contributed by atoms with E-state index in [9.17, 15) is 0 Å². The molecule has 0 amide bonds. The zero-order chi connectivity index (χ0) is 15.0. The van der Waals surface area contributed by atoms with E-state index in [1.165, 1.54) is 17.8 Å². The fourth-order valence-electron chi connectivity index (χ4n) is 1.88. The molecule has 0 atom stereocenters. The summed E-state index contributed by atoms with van der Waals surface area (Å²) >= 11 is 1.73. The number of hydrogen-bond donors (Lipinski definition) is 2. The molecule has 1 rings (SSSR count). The van der Waals surface area contributed by atoms with Crippen LogP contribution in [0, 0.1) is 5.92 Å². The van der Waals surface area contributed by atoms with Crippen LogP contribution in [0.2, 0.25) is 0 Å². The van der Waals surface area contributed by atoms with Gasteiger partial charge < -0.3 is 10.6 Å². The van der Waals surface area contributed by atoms with Crippen molar-refractivity contribution < 1.29 is 0 Å². The number of aliphatic imine (C=N–C) groups is 1. The second-order valence-corrected chi connectivity index (χ2v) is 6.21. The predicted molar refractivity (Wildman–Crippen MR) is 88.5 cm³/mol. The first kappa shape index (κ1) is 17.0. The van der Waals surface area contributed by atoms with Gasteiger partial charge in [0.1, 0.15) is 0 Å². The highest BCUT2D eigenvalue weighted by Gasteiger charge is 2.07. The second kappa shape index (κ2) is 8.95. The largest absolute Gasteiger partial charge is 0.356 e. The maximum Gasteiger partial charge on any atom is 0.191 e. The van der Waals surface area contributed by atoms with Gasteiger partial charge >= 0.3 is 0 Å². The van der Waals surface area contributed by atoms with E-state index in [1.807, 2.05) is 7.05 Å². The molecule has 5 heteroatoms. The number of guanidine groups is 1. The highest BCUT2D eigenvalue weighted by Crippen LogP contribution is 2.18. The van der Waals surface area contributed by atoms with Crippen LogP contribution < -0.4 is 10.6 Å². The molecule has 0 aromatic carbocycles. The minimum atomic E-state index is 0.501. The third kappa shape index (κ3) is 5.49. The van der Waals surface area contributed by atoms with Crippen LogP contribution in [0.15, 0.2) is 10.4 Å². The number of aromatic nitrogens is 1. The van der Waals surface area contributed by atoms with Crippen LogP contribution in [0.5, 0.6) is 0 Å². The Hall–Kier alpha value is -1.10. The Labute approximate surface area is 127 Å². The van der Waals surface area contributed by atoms with Crippen molar-refractivity contribution in [3.8, 4) is 0 Å². The molecule has 1 heterocycles. The van der Waals surface area contributed by atoms with Crippen molar-refractivity contribution in [2.75, 3.05) is 13.6 Å². The molecule has 4 nitrogen and oxygen atoms in total. The summed E-state index contributed by atoms with van der Waals surface area (Å²) in [7, 11) is 1.81. The van der Waals surface area contributed by atoms with Crippen molar-refractivity contribution in [1.29, 1.82) is 0 Å². The first-order chi connectivity index (χ1) is 9.60. The molecule has 1 aromatic heterocycles. The van der Waals surface area contributed by atoms with Crippen LogP contribution in [0.4, 0.5) is 0 Å². The Kier molecular flexibility index (Phi) is 7.59. The van der Waals surface area contributed by atoms with E-state index < -0.39 is 0 Å². The maximum atomic E-state index is 4.62. The lowest BCUT2D eigenvalue weighted by atomic mass is 10.0. The molecule has 20 heavy (non-hydrogen) atoms. The Morgan fingerprint density at radius 1 is 1.30 bits per heavy atom. The van der Waals surface area contributed by atoms with Gasteiger partial charge in [0, 0.05) is 24.9 Å². The zero-order valence-corrected chi connectivity index (χ0v) is 14.2. The summed E-state index contributed by atoms with van der Waals surface area (Å²) in [6, 6.07) is 0. The van der Waals surface area contributed by atoms with Crippen molar-refractivity contribution in [3.05, 3.63) is 16.1 Å². The highest BCUT2D eigenvalue weighted by atomic mass is 32.1. The lowest BCUT2D eigenvalue weighted by molar-refractivity contribution is 0.481. The van der Waals surface area contributed by atoms with Gasteiger partial charge in [-0.2, -0.15) is 0 Å². The lowest BCUT2D eigenvalue weighted by Gasteiger charge is -2.16. The van der Waals surface area contributed by atoms with Gasteiger partial charge in [0.15, 0.2) is 5.96 Å². The average molecular weight is 296 g/mol. The van der Waals surface area contributed by atoms with E-state index in [0.717, 1.165) is 24.7 Å². The molecule has 1 aromatic rings. The summed E-state index contributed by atoms with van der Waals surface area (Å²) in [6.45, 7) is 10.5. The van der Waals surface area contributed by atoms with Crippen LogP contribution >= 0.6 is 11.3 Å². The van der Waals surface area contributed by atoms with Gasteiger partial charge in [-0.3, -0.25) is 4.99 Å². The van der Waals surface area contributed by atoms with Crippen LogP contribution in [-0.4, -0.2) is 24.5 Å². The highest BCUT2D eigenvalue weighted by molar-refractivity contribution is 7.09. The van der Waals surface area contributed by atoms with Crippen molar-refractivity contribution in [2.24, 2.45) is 10.9 Å². The lowest BCUT2D eigenvalue weighted by Crippen LogP contribution is -2.39. The van der Waals surface area contributed by atoms with E-state index in [2.05, 4.69) is 53.7 Å². The molecule has 0 fully saturated rings. The smallest absolute Gasteiger partial charge is 0.191 e. The Balaban J connectivity index is 2.41. The summed E-state index contributed by atoms with van der Waals surface area (Å²) in [5.74, 6) is 2.07. The third-order valence-electron chi connectivity index (χ3n) is 3.44. The van der Waals surface area contributed by atoms with Gasteiger partial charge in [0.2, 0.25) is 0 Å². The Morgan fingerprint density at radius 3 is 2.50 bits per heavy atom. The molecule has 0 radical (unpaired) electrons. The van der Waals surface area contributed by atoms with Crippen LogP contribution in [0.3, 0.4) is 0 Å². The number of rotatable bonds is 7. The summed E-state index contributed by atoms with van der Waals surface area (Å²) < 4.78 is 0. The van der Waals surface area contributed by atoms with E-state index in [0.29, 0.717) is 11.8 Å². The minimum Gasteiger partial charge on any atom is -0.356 e. The summed E-state index contributed by atoms with van der Waals surface area (Å²) in [5, 5.41) is 10.0. The molecule has 0 bridgehead atoms. The number of thiazole rings is 1. The third-order valence-corrected chi connectivity index (χ3v) is 4.63. The topological polar surface area (TPSA) is 49.3 Å². The normalized spacial score (nSPS) is 12.2. The number of hydrogen-bond acceptors (Lipinski definition) is 3. The van der Waals surface area contributed by atoms with E-state index in [-0.39, 0.29) is 0 Å². The molecule has 2 N–H and O–H groups in total. The van der Waals surface area contributed by atoms with E-state index in [4.69, 9.17) is 0 Å². The standard InChI is InChI=1S/C15H28N4S/c1-6-12(7-2)8-17-15(16-5)18-9-13-10-20-14(19-13)11(3)4/h10-12H,6-9H2,1-5H3,(H2,16,17,18). The van der Waals surface area contributed by atoms with Crippen molar-refractivity contribution in [1.82, 2.24) is 15.6 Å². The maximum absolute atomic E-state index is 4.62. The molecule has 114 valence electrons. The van der Waals surface area contributed by atoms with Gasteiger partial charge in [-0.05, 0) is 5.92 Å². The SMILES string of the molecule is CCC(CC)CNC(=NC)NCc1csc(C(C)C)n1. The van der Waals surface area contributed by atoms with Crippen LogP contribution in [0.25, 0.3) is 0 Å².